The first-order valence-electron chi connectivity index (χ1n) is 5.27. The fourth-order valence-electron chi connectivity index (χ4n) is 1.45. The Bertz CT molecular complexity index is 480. The van der Waals surface area contributed by atoms with Crippen LogP contribution < -0.4 is 0 Å². The molecular formula is C12H12N2O2S. The number of aliphatic hydroxyl groups excluding tert-OH is 1. The molecule has 0 fully saturated rings. The Labute approximate surface area is 103 Å². The number of hydrogen-bond acceptors (Lipinski definition) is 5. The number of aromatic nitrogens is 2. The van der Waals surface area contributed by atoms with E-state index < -0.39 is 6.61 Å². The van der Waals surface area contributed by atoms with Crippen molar-refractivity contribution in [2.45, 2.75) is 12.8 Å². The zero-order valence-electron chi connectivity index (χ0n) is 9.17. The van der Waals surface area contributed by atoms with Crippen LogP contribution in [0.4, 0.5) is 0 Å². The third kappa shape index (κ3) is 3.18. The van der Waals surface area contributed by atoms with E-state index in [9.17, 15) is 4.79 Å². The largest absolute Gasteiger partial charge is 0.388 e. The standard InChI is InChI=1S/C12H12N2O2S/c15-8-11(16)10-3-1-9(7-14-10)2-4-12-13-5-6-17-12/h1,3,5-7,15H,2,4,8H2. The highest BCUT2D eigenvalue weighted by Gasteiger charge is 2.05. The molecule has 0 aliphatic carbocycles. The van der Waals surface area contributed by atoms with Gasteiger partial charge < -0.3 is 5.11 Å². The monoisotopic (exact) mass is 248 g/mol. The predicted molar refractivity (Wildman–Crippen MR) is 65.2 cm³/mol. The van der Waals surface area contributed by atoms with Crippen molar-refractivity contribution in [1.29, 1.82) is 0 Å². The van der Waals surface area contributed by atoms with Crippen LogP contribution in [0.2, 0.25) is 0 Å². The van der Waals surface area contributed by atoms with Gasteiger partial charge >= 0.3 is 0 Å². The van der Waals surface area contributed by atoms with Gasteiger partial charge in [-0.2, -0.15) is 0 Å². The highest BCUT2D eigenvalue weighted by atomic mass is 32.1. The summed E-state index contributed by atoms with van der Waals surface area (Å²) in [6.45, 7) is -0.495. The van der Waals surface area contributed by atoms with Gasteiger partial charge in [-0.3, -0.25) is 9.78 Å². The van der Waals surface area contributed by atoms with E-state index in [1.165, 1.54) is 0 Å². The Morgan fingerprint density at radius 2 is 2.18 bits per heavy atom. The average molecular weight is 248 g/mol. The number of carbonyl (C=O) groups is 1. The van der Waals surface area contributed by atoms with Crippen LogP contribution in [-0.2, 0) is 12.8 Å². The molecule has 88 valence electrons. The smallest absolute Gasteiger partial charge is 0.206 e. The number of ketones is 1. The van der Waals surface area contributed by atoms with Crippen molar-refractivity contribution in [1.82, 2.24) is 9.97 Å². The van der Waals surface area contributed by atoms with Crippen LogP contribution in [-0.4, -0.2) is 27.5 Å². The summed E-state index contributed by atoms with van der Waals surface area (Å²) >= 11 is 1.64. The number of Topliss-reactive ketones (excluding diaryl/α,β-unsaturated/α-hetero) is 1. The van der Waals surface area contributed by atoms with Crippen LogP contribution in [0, 0.1) is 0 Å². The molecule has 0 radical (unpaired) electrons. The van der Waals surface area contributed by atoms with E-state index >= 15 is 0 Å². The minimum absolute atomic E-state index is 0.311. The molecule has 0 unspecified atom stereocenters. The molecule has 0 aliphatic heterocycles. The number of hydrogen-bond donors (Lipinski definition) is 1. The van der Waals surface area contributed by atoms with Crippen LogP contribution in [0.1, 0.15) is 21.1 Å². The Balaban J connectivity index is 1.96. The predicted octanol–water partition coefficient (Wildman–Crippen LogP) is 1.50. The maximum absolute atomic E-state index is 11.1. The average Bonchev–Trinajstić information content (AvgIpc) is 2.89. The molecule has 4 nitrogen and oxygen atoms in total. The first-order valence-corrected chi connectivity index (χ1v) is 6.15. The minimum Gasteiger partial charge on any atom is -0.388 e. The van der Waals surface area contributed by atoms with Gasteiger partial charge in [0.15, 0.2) is 0 Å². The lowest BCUT2D eigenvalue weighted by atomic mass is 10.1. The molecule has 0 bridgehead atoms. The van der Waals surface area contributed by atoms with Crippen LogP contribution in [0.3, 0.4) is 0 Å². The molecule has 5 heteroatoms. The molecule has 1 N–H and O–H groups in total. The van der Waals surface area contributed by atoms with Crippen molar-refractivity contribution in [3.63, 3.8) is 0 Å². The number of rotatable bonds is 5. The van der Waals surface area contributed by atoms with Crippen LogP contribution in [0.25, 0.3) is 0 Å². The normalized spacial score (nSPS) is 10.4. The molecule has 0 saturated heterocycles. The highest BCUT2D eigenvalue weighted by molar-refractivity contribution is 7.09. The number of aliphatic hydroxyl groups is 1. The zero-order valence-corrected chi connectivity index (χ0v) is 9.98. The lowest BCUT2D eigenvalue weighted by molar-refractivity contribution is 0.0898. The maximum Gasteiger partial charge on any atom is 0.206 e. The van der Waals surface area contributed by atoms with Crippen molar-refractivity contribution in [3.8, 4) is 0 Å². The fraction of sp³-hybridized carbons (Fsp3) is 0.250. The van der Waals surface area contributed by atoms with Crippen molar-refractivity contribution in [3.05, 3.63) is 46.2 Å². The molecule has 2 heterocycles. The molecule has 0 aromatic carbocycles. The molecule has 2 aromatic rings. The van der Waals surface area contributed by atoms with Crippen molar-refractivity contribution in [2.24, 2.45) is 0 Å². The minimum atomic E-state index is -0.495. The molecule has 0 spiro atoms. The summed E-state index contributed by atoms with van der Waals surface area (Å²) in [5.74, 6) is -0.350. The topological polar surface area (TPSA) is 63.1 Å². The van der Waals surface area contributed by atoms with Crippen LogP contribution >= 0.6 is 11.3 Å². The summed E-state index contributed by atoms with van der Waals surface area (Å²) in [6, 6.07) is 3.51. The Morgan fingerprint density at radius 1 is 1.29 bits per heavy atom. The third-order valence-corrected chi connectivity index (χ3v) is 3.20. The van der Waals surface area contributed by atoms with Gasteiger partial charge in [0.1, 0.15) is 12.3 Å². The van der Waals surface area contributed by atoms with E-state index in [0.717, 1.165) is 23.4 Å². The zero-order chi connectivity index (χ0) is 12.1. The van der Waals surface area contributed by atoms with Crippen molar-refractivity contribution < 1.29 is 9.90 Å². The second kappa shape index (κ2) is 5.65. The summed E-state index contributed by atoms with van der Waals surface area (Å²) in [4.78, 5) is 19.4. The quantitative estimate of drug-likeness (QED) is 0.814. The number of pyridine rings is 1. The summed E-state index contributed by atoms with van der Waals surface area (Å²) in [6.07, 6.45) is 5.21. The maximum atomic E-state index is 11.1. The molecule has 17 heavy (non-hydrogen) atoms. The van der Waals surface area contributed by atoms with Gasteiger partial charge in [0.2, 0.25) is 5.78 Å². The van der Waals surface area contributed by atoms with Gasteiger partial charge in [-0.1, -0.05) is 6.07 Å². The van der Waals surface area contributed by atoms with Gasteiger partial charge in [0.05, 0.1) is 5.01 Å². The molecule has 0 amide bonds. The number of thiazole rings is 1. The number of carbonyl (C=O) groups excluding carboxylic acids is 1. The first-order chi connectivity index (χ1) is 8.29. The van der Waals surface area contributed by atoms with Crippen molar-refractivity contribution in [2.75, 3.05) is 6.61 Å². The van der Waals surface area contributed by atoms with Gasteiger partial charge in [-0.25, -0.2) is 4.98 Å². The molecule has 2 rings (SSSR count). The molecule has 0 aliphatic rings. The van der Waals surface area contributed by atoms with E-state index in [2.05, 4.69) is 9.97 Å². The summed E-state index contributed by atoms with van der Waals surface area (Å²) in [5, 5.41) is 11.7. The SMILES string of the molecule is O=C(CO)c1ccc(CCc2nccs2)cn1. The second-order valence-corrected chi connectivity index (χ2v) is 4.54. The molecular weight excluding hydrogens is 236 g/mol. The summed E-state index contributed by atoms with van der Waals surface area (Å²) in [5.41, 5.74) is 1.38. The van der Waals surface area contributed by atoms with E-state index in [0.29, 0.717) is 5.69 Å². The van der Waals surface area contributed by atoms with Crippen LogP contribution in [0.15, 0.2) is 29.9 Å². The molecule has 2 aromatic heterocycles. The Kier molecular flexibility index (Phi) is 3.95. The lowest BCUT2D eigenvalue weighted by Gasteiger charge is -2.00. The van der Waals surface area contributed by atoms with E-state index in [-0.39, 0.29) is 5.78 Å². The van der Waals surface area contributed by atoms with Crippen molar-refractivity contribution >= 4 is 17.1 Å². The molecule has 0 saturated carbocycles. The second-order valence-electron chi connectivity index (χ2n) is 3.56. The van der Waals surface area contributed by atoms with E-state index in [4.69, 9.17) is 5.11 Å². The number of nitrogens with zero attached hydrogens (tertiary/aromatic N) is 2. The van der Waals surface area contributed by atoms with E-state index in [1.807, 2.05) is 11.4 Å². The Hall–Kier alpha value is -1.59. The Morgan fingerprint density at radius 3 is 2.76 bits per heavy atom. The van der Waals surface area contributed by atoms with Crippen LogP contribution in [0.5, 0.6) is 0 Å². The summed E-state index contributed by atoms with van der Waals surface area (Å²) in [7, 11) is 0. The van der Waals surface area contributed by atoms with Gasteiger partial charge in [0, 0.05) is 24.2 Å². The third-order valence-electron chi connectivity index (χ3n) is 2.37. The lowest BCUT2D eigenvalue weighted by Crippen LogP contribution is -2.06. The first kappa shape index (κ1) is 11.9. The van der Waals surface area contributed by atoms with E-state index in [1.54, 1.807) is 29.8 Å². The van der Waals surface area contributed by atoms with Gasteiger partial charge in [-0.15, -0.1) is 11.3 Å². The van der Waals surface area contributed by atoms with Gasteiger partial charge in [0.25, 0.3) is 0 Å². The summed E-state index contributed by atoms with van der Waals surface area (Å²) < 4.78 is 0. The fourth-order valence-corrected chi connectivity index (χ4v) is 2.07. The molecule has 0 atom stereocenters. The van der Waals surface area contributed by atoms with Gasteiger partial charge in [-0.05, 0) is 18.1 Å². The highest BCUT2D eigenvalue weighted by Crippen LogP contribution is 2.09. The number of aryl methyl sites for hydroxylation is 2.